The standard InChI is InChI=1S/C17H26BNO5/c1-6-14-15(24-17(4,5)19(14)16(18)23)8-12(9-20)13(11(3)22)7-10(2)21/h9,12-15H,6-8H2,1-5H3/t12?,13?,14-,15+/m0/s1. The Bertz CT molecular complexity index is 519. The summed E-state index contributed by atoms with van der Waals surface area (Å²) in [5, 5.41) is 0. The summed E-state index contributed by atoms with van der Waals surface area (Å²) in [7, 11) is 5.48. The van der Waals surface area contributed by atoms with Gasteiger partial charge in [0.25, 0.3) is 0 Å². The Hall–Kier alpha value is -1.50. The van der Waals surface area contributed by atoms with Gasteiger partial charge in [-0.25, -0.2) is 0 Å². The molecule has 1 saturated heterocycles. The molecule has 2 unspecified atom stereocenters. The molecule has 2 radical (unpaired) electrons. The van der Waals surface area contributed by atoms with Crippen LogP contribution >= 0.6 is 0 Å². The normalized spacial score (nSPS) is 25.1. The zero-order valence-electron chi connectivity index (χ0n) is 15.1. The van der Waals surface area contributed by atoms with Gasteiger partial charge in [-0.05, 0) is 40.5 Å². The highest BCUT2D eigenvalue weighted by atomic mass is 16.5. The van der Waals surface area contributed by atoms with Crippen molar-refractivity contribution in [3.05, 3.63) is 0 Å². The molecule has 1 heterocycles. The summed E-state index contributed by atoms with van der Waals surface area (Å²) >= 11 is 0. The summed E-state index contributed by atoms with van der Waals surface area (Å²) in [5.41, 5.74) is -0.878. The van der Waals surface area contributed by atoms with Gasteiger partial charge in [-0.2, -0.15) is 0 Å². The number of carbonyl (C=O) groups is 4. The maximum absolute atomic E-state index is 11.9. The van der Waals surface area contributed by atoms with Crippen LogP contribution in [-0.4, -0.2) is 54.3 Å². The number of ether oxygens (including phenoxy) is 1. The molecule has 0 saturated carbocycles. The van der Waals surface area contributed by atoms with Crippen molar-refractivity contribution in [3.63, 3.8) is 0 Å². The Labute approximate surface area is 144 Å². The van der Waals surface area contributed by atoms with Crippen LogP contribution in [0.25, 0.3) is 0 Å². The second kappa shape index (κ2) is 8.05. The van der Waals surface area contributed by atoms with Gasteiger partial charge in [0.2, 0.25) is 7.85 Å². The number of hydrogen-bond acceptors (Lipinski definition) is 5. The predicted octanol–water partition coefficient (Wildman–Crippen LogP) is 1.88. The molecule has 7 heteroatoms. The molecule has 0 N–H and O–H groups in total. The van der Waals surface area contributed by atoms with Crippen molar-refractivity contribution >= 4 is 31.5 Å². The minimum Gasteiger partial charge on any atom is -0.351 e. The summed E-state index contributed by atoms with van der Waals surface area (Å²) < 4.78 is 5.96. The van der Waals surface area contributed by atoms with Crippen molar-refractivity contribution in [3.8, 4) is 0 Å². The maximum atomic E-state index is 11.9. The van der Waals surface area contributed by atoms with Crippen LogP contribution in [0, 0.1) is 11.8 Å². The number of ketones is 2. The summed E-state index contributed by atoms with van der Waals surface area (Å²) in [5.74, 6) is -2.20. The smallest absolute Gasteiger partial charge is 0.200 e. The summed E-state index contributed by atoms with van der Waals surface area (Å²) in [6.07, 6.45) is 1.21. The van der Waals surface area contributed by atoms with Gasteiger partial charge < -0.3 is 19.2 Å². The Morgan fingerprint density at radius 2 is 1.88 bits per heavy atom. The second-order valence-corrected chi connectivity index (χ2v) is 6.95. The highest BCUT2D eigenvalue weighted by Gasteiger charge is 2.48. The quantitative estimate of drug-likeness (QED) is 0.500. The molecule has 24 heavy (non-hydrogen) atoms. The van der Waals surface area contributed by atoms with E-state index in [-0.39, 0.29) is 30.4 Å². The Morgan fingerprint density at radius 3 is 2.25 bits per heavy atom. The SMILES string of the molecule is [B]C(=O)N1[C@@H](CC)[C@@H](CC(C=O)C(CC(C)=O)C(C)=O)OC1(C)C. The van der Waals surface area contributed by atoms with Crippen LogP contribution in [0.3, 0.4) is 0 Å². The molecule has 0 spiro atoms. The first-order valence-electron chi connectivity index (χ1n) is 8.26. The molecule has 0 aliphatic carbocycles. The van der Waals surface area contributed by atoms with Crippen LogP contribution in [0.2, 0.25) is 0 Å². The van der Waals surface area contributed by atoms with E-state index in [2.05, 4.69) is 0 Å². The van der Waals surface area contributed by atoms with Gasteiger partial charge in [-0.1, -0.05) is 6.92 Å². The van der Waals surface area contributed by atoms with E-state index in [4.69, 9.17) is 12.6 Å². The molecule has 0 bridgehead atoms. The molecule has 6 nitrogen and oxygen atoms in total. The zero-order valence-corrected chi connectivity index (χ0v) is 15.1. The lowest BCUT2D eigenvalue weighted by Crippen LogP contribution is -2.47. The van der Waals surface area contributed by atoms with Crippen molar-refractivity contribution in [2.75, 3.05) is 0 Å². The molecule has 1 aliphatic heterocycles. The predicted molar refractivity (Wildman–Crippen MR) is 89.7 cm³/mol. The number of hydrogen-bond donors (Lipinski definition) is 0. The zero-order chi connectivity index (χ0) is 18.7. The van der Waals surface area contributed by atoms with E-state index in [1.165, 1.54) is 18.7 Å². The van der Waals surface area contributed by atoms with E-state index in [9.17, 15) is 19.2 Å². The molecule has 1 rings (SSSR count). The van der Waals surface area contributed by atoms with Crippen LogP contribution < -0.4 is 0 Å². The average Bonchev–Trinajstić information content (AvgIpc) is 2.71. The van der Waals surface area contributed by atoms with Crippen molar-refractivity contribution in [1.29, 1.82) is 0 Å². The molecular formula is C17H26BNO5. The van der Waals surface area contributed by atoms with E-state index in [0.29, 0.717) is 12.7 Å². The Morgan fingerprint density at radius 1 is 1.29 bits per heavy atom. The fourth-order valence-corrected chi connectivity index (χ4v) is 3.64. The number of nitrogens with zero attached hydrogens (tertiary/aromatic N) is 1. The van der Waals surface area contributed by atoms with Crippen LogP contribution in [0.4, 0.5) is 4.79 Å². The molecule has 1 fully saturated rings. The Kier molecular flexibility index (Phi) is 6.90. The second-order valence-electron chi connectivity index (χ2n) is 6.95. The third-order valence-electron chi connectivity index (χ3n) is 4.66. The minimum absolute atomic E-state index is 0.0329. The summed E-state index contributed by atoms with van der Waals surface area (Å²) in [6.45, 7) is 8.18. The molecule has 0 aromatic heterocycles. The summed E-state index contributed by atoms with van der Waals surface area (Å²) in [6, 6.07) is -0.273. The highest BCUT2D eigenvalue weighted by Crippen LogP contribution is 2.37. The van der Waals surface area contributed by atoms with Crippen molar-refractivity contribution < 1.29 is 23.9 Å². The fraction of sp³-hybridized carbons (Fsp3) is 0.765. The third kappa shape index (κ3) is 4.53. The van der Waals surface area contributed by atoms with E-state index in [1.54, 1.807) is 13.8 Å². The molecular weight excluding hydrogens is 309 g/mol. The van der Waals surface area contributed by atoms with E-state index in [1.807, 2.05) is 6.92 Å². The van der Waals surface area contributed by atoms with Crippen molar-refractivity contribution in [2.45, 2.75) is 71.8 Å². The van der Waals surface area contributed by atoms with Gasteiger partial charge in [0.05, 0.1) is 12.1 Å². The topological polar surface area (TPSA) is 80.8 Å². The third-order valence-corrected chi connectivity index (χ3v) is 4.66. The van der Waals surface area contributed by atoms with Crippen LogP contribution in [0.5, 0.6) is 0 Å². The minimum atomic E-state index is -0.878. The van der Waals surface area contributed by atoms with E-state index in [0.717, 1.165) is 0 Å². The van der Waals surface area contributed by atoms with Gasteiger partial charge in [-0.3, -0.25) is 9.59 Å². The van der Waals surface area contributed by atoms with Gasteiger partial charge >= 0.3 is 0 Å². The average molecular weight is 335 g/mol. The summed E-state index contributed by atoms with van der Waals surface area (Å²) in [4.78, 5) is 48.1. The van der Waals surface area contributed by atoms with Gasteiger partial charge in [0.15, 0.2) is 5.81 Å². The van der Waals surface area contributed by atoms with Crippen LogP contribution in [-0.2, 0) is 19.1 Å². The lowest BCUT2D eigenvalue weighted by atomic mass is 9.81. The van der Waals surface area contributed by atoms with Crippen LogP contribution in [0.15, 0.2) is 0 Å². The first-order chi connectivity index (χ1) is 11.0. The number of aldehydes is 1. The number of rotatable bonds is 8. The van der Waals surface area contributed by atoms with Crippen LogP contribution in [0.1, 0.15) is 53.9 Å². The fourth-order valence-electron chi connectivity index (χ4n) is 3.64. The monoisotopic (exact) mass is 335 g/mol. The van der Waals surface area contributed by atoms with E-state index < -0.39 is 29.5 Å². The molecule has 0 aromatic rings. The van der Waals surface area contributed by atoms with Crippen molar-refractivity contribution in [1.82, 2.24) is 4.90 Å². The number of Topliss-reactive ketones (excluding diaryl/α,β-unsaturated/α-hetero) is 2. The molecule has 1 amide bonds. The molecule has 1 aliphatic rings. The largest absolute Gasteiger partial charge is 0.351 e. The molecule has 132 valence electrons. The van der Waals surface area contributed by atoms with Gasteiger partial charge in [0, 0.05) is 18.3 Å². The highest BCUT2D eigenvalue weighted by molar-refractivity contribution is 6.57. The van der Waals surface area contributed by atoms with E-state index >= 15 is 0 Å². The number of amides is 1. The first-order valence-corrected chi connectivity index (χ1v) is 8.26. The lowest BCUT2D eigenvalue weighted by Gasteiger charge is -2.33. The maximum Gasteiger partial charge on any atom is 0.200 e. The first kappa shape index (κ1) is 20.5. The molecule has 0 aromatic carbocycles. The van der Waals surface area contributed by atoms with Gasteiger partial charge in [0.1, 0.15) is 23.6 Å². The lowest BCUT2D eigenvalue weighted by molar-refractivity contribution is -0.131. The van der Waals surface area contributed by atoms with Gasteiger partial charge in [-0.15, -0.1) is 0 Å². The number of carbonyl (C=O) groups excluding carboxylic acids is 4. The Balaban J connectivity index is 3.02. The van der Waals surface area contributed by atoms with Crippen molar-refractivity contribution in [2.24, 2.45) is 11.8 Å². The molecule has 4 atom stereocenters.